The Morgan fingerprint density at radius 2 is 2.08 bits per heavy atom. The van der Waals surface area contributed by atoms with Gasteiger partial charge in [-0.15, -0.1) is 0 Å². The maximum atomic E-state index is 13.3. The molecule has 7 heteroatoms. The number of rotatable bonds is 5. The van der Waals surface area contributed by atoms with Crippen LogP contribution >= 0.6 is 0 Å². The summed E-state index contributed by atoms with van der Waals surface area (Å²) in [7, 11) is 2.13. The maximum absolute atomic E-state index is 13.3. The van der Waals surface area contributed by atoms with Gasteiger partial charge < -0.3 is 20.4 Å². The van der Waals surface area contributed by atoms with Crippen LogP contribution in [0.15, 0.2) is 18.2 Å². The lowest BCUT2D eigenvalue weighted by Gasteiger charge is -2.32. The molecule has 1 saturated heterocycles. The number of anilines is 1. The van der Waals surface area contributed by atoms with E-state index in [1.807, 2.05) is 0 Å². The largest absolute Gasteiger partial charge is 0.356 e. The number of fused-ring (bicyclic) bond motifs is 1. The quantitative estimate of drug-likeness (QED) is 0.780. The lowest BCUT2D eigenvalue weighted by atomic mass is 9.89. The molecule has 6 nitrogen and oxygen atoms in total. The van der Waals surface area contributed by atoms with Gasteiger partial charge in [0.05, 0.1) is 5.92 Å². The first-order valence-electron chi connectivity index (χ1n) is 8.81. The third kappa shape index (κ3) is 4.55. The molecule has 2 heterocycles. The first-order chi connectivity index (χ1) is 12.0. The van der Waals surface area contributed by atoms with Crippen molar-refractivity contribution in [2.75, 3.05) is 51.6 Å². The molecule has 1 aromatic rings. The zero-order valence-electron chi connectivity index (χ0n) is 14.6. The molecule has 0 saturated carbocycles. The van der Waals surface area contributed by atoms with Gasteiger partial charge in [0.25, 0.3) is 0 Å². The molecule has 2 N–H and O–H groups in total. The van der Waals surface area contributed by atoms with Crippen LogP contribution in [0.4, 0.5) is 10.1 Å². The van der Waals surface area contributed by atoms with Gasteiger partial charge in [0, 0.05) is 44.8 Å². The average molecular weight is 348 g/mol. The lowest BCUT2D eigenvalue weighted by molar-refractivity contribution is -0.126. The van der Waals surface area contributed by atoms with Crippen molar-refractivity contribution >= 4 is 17.5 Å². The van der Waals surface area contributed by atoms with Crippen LogP contribution in [0.3, 0.4) is 0 Å². The highest BCUT2D eigenvalue weighted by Crippen LogP contribution is 2.32. The zero-order valence-corrected chi connectivity index (χ0v) is 14.6. The molecule has 2 amide bonds. The van der Waals surface area contributed by atoms with E-state index in [0.717, 1.165) is 39.1 Å². The first kappa shape index (κ1) is 17.8. The fourth-order valence-electron chi connectivity index (χ4n) is 3.38. The molecule has 0 bridgehead atoms. The van der Waals surface area contributed by atoms with Gasteiger partial charge in [-0.05, 0) is 37.7 Å². The van der Waals surface area contributed by atoms with E-state index < -0.39 is 11.7 Å². The Morgan fingerprint density at radius 1 is 1.32 bits per heavy atom. The predicted molar refractivity (Wildman–Crippen MR) is 94.0 cm³/mol. The number of likely N-dealkylation sites (N-methyl/N-ethyl adjacent to an activating group) is 1. The minimum atomic E-state index is -0.548. The number of halogens is 1. The van der Waals surface area contributed by atoms with Crippen molar-refractivity contribution in [2.45, 2.75) is 18.8 Å². The summed E-state index contributed by atoms with van der Waals surface area (Å²) in [6.07, 6.45) is 0.980. The standard InChI is InChI=1S/C18H25FN4O2/c1-22-7-9-23(10-8-22)6-2-5-20-18(25)15-12-17(24)21-16-11-13(19)3-4-14(15)16/h3-4,11,15H,2,5-10,12H2,1H3,(H,20,25)(H,21,24). The Morgan fingerprint density at radius 3 is 2.84 bits per heavy atom. The monoisotopic (exact) mass is 348 g/mol. The molecule has 1 fully saturated rings. The van der Waals surface area contributed by atoms with Gasteiger partial charge in [0.1, 0.15) is 5.82 Å². The van der Waals surface area contributed by atoms with E-state index >= 15 is 0 Å². The first-order valence-corrected chi connectivity index (χ1v) is 8.81. The van der Waals surface area contributed by atoms with Crippen LogP contribution < -0.4 is 10.6 Å². The number of nitrogens with zero attached hydrogens (tertiary/aromatic N) is 2. The minimum absolute atomic E-state index is 0.100. The van der Waals surface area contributed by atoms with Crippen molar-refractivity contribution < 1.29 is 14.0 Å². The molecule has 2 aliphatic rings. The molecule has 3 rings (SSSR count). The molecule has 25 heavy (non-hydrogen) atoms. The van der Waals surface area contributed by atoms with Crippen LogP contribution in [-0.2, 0) is 9.59 Å². The van der Waals surface area contributed by atoms with Crippen molar-refractivity contribution in [1.82, 2.24) is 15.1 Å². The Balaban J connectivity index is 1.49. The fraction of sp³-hybridized carbons (Fsp3) is 0.556. The molecular formula is C18H25FN4O2. The van der Waals surface area contributed by atoms with Gasteiger partial charge in [-0.25, -0.2) is 4.39 Å². The van der Waals surface area contributed by atoms with E-state index in [-0.39, 0.29) is 18.2 Å². The van der Waals surface area contributed by atoms with Crippen LogP contribution in [0.1, 0.15) is 24.3 Å². The number of carbonyl (C=O) groups excluding carboxylic acids is 2. The third-order valence-corrected chi connectivity index (χ3v) is 4.92. The zero-order chi connectivity index (χ0) is 17.8. The highest BCUT2D eigenvalue weighted by molar-refractivity contribution is 6.01. The normalized spacial score (nSPS) is 21.5. The smallest absolute Gasteiger partial charge is 0.228 e. The summed E-state index contributed by atoms with van der Waals surface area (Å²) in [5, 5.41) is 5.56. The summed E-state index contributed by atoms with van der Waals surface area (Å²) in [6, 6.07) is 4.17. The number of hydrogen-bond donors (Lipinski definition) is 2. The van der Waals surface area contributed by atoms with Gasteiger partial charge >= 0.3 is 0 Å². The Hall–Kier alpha value is -1.99. The van der Waals surface area contributed by atoms with Crippen LogP contribution in [0.25, 0.3) is 0 Å². The second kappa shape index (κ2) is 7.93. The van der Waals surface area contributed by atoms with Crippen LogP contribution in [0.2, 0.25) is 0 Å². The SMILES string of the molecule is CN1CCN(CCCNC(=O)C2CC(=O)Nc3cc(F)ccc32)CC1. The molecule has 0 aromatic heterocycles. The molecule has 0 aliphatic carbocycles. The second-order valence-corrected chi connectivity index (χ2v) is 6.83. The van der Waals surface area contributed by atoms with Gasteiger partial charge in [-0.1, -0.05) is 6.07 Å². The van der Waals surface area contributed by atoms with Crippen molar-refractivity contribution in [3.8, 4) is 0 Å². The van der Waals surface area contributed by atoms with Crippen LogP contribution in [0, 0.1) is 5.82 Å². The lowest BCUT2D eigenvalue weighted by Crippen LogP contribution is -2.45. The topological polar surface area (TPSA) is 64.7 Å². The molecule has 1 aromatic carbocycles. The number of amides is 2. The number of nitrogens with one attached hydrogen (secondary N) is 2. The number of carbonyl (C=O) groups is 2. The average Bonchev–Trinajstić information content (AvgIpc) is 2.59. The Kier molecular flexibility index (Phi) is 5.65. The van der Waals surface area contributed by atoms with Crippen molar-refractivity contribution in [1.29, 1.82) is 0 Å². The molecule has 1 unspecified atom stereocenters. The Bertz CT molecular complexity index is 644. The summed E-state index contributed by atoms with van der Waals surface area (Å²) in [5.41, 5.74) is 1.08. The molecule has 136 valence electrons. The summed E-state index contributed by atoms with van der Waals surface area (Å²) in [5.74, 6) is -1.39. The van der Waals surface area contributed by atoms with E-state index in [9.17, 15) is 14.0 Å². The van der Waals surface area contributed by atoms with E-state index in [2.05, 4.69) is 27.5 Å². The van der Waals surface area contributed by atoms with Crippen LogP contribution in [-0.4, -0.2) is 67.9 Å². The van der Waals surface area contributed by atoms with E-state index in [1.54, 1.807) is 6.07 Å². The number of piperazine rings is 1. The summed E-state index contributed by atoms with van der Waals surface area (Å²) in [4.78, 5) is 29.0. The van der Waals surface area contributed by atoms with Gasteiger partial charge in [-0.2, -0.15) is 0 Å². The molecule has 0 radical (unpaired) electrons. The van der Waals surface area contributed by atoms with E-state index in [4.69, 9.17) is 0 Å². The number of hydrogen-bond acceptors (Lipinski definition) is 4. The maximum Gasteiger partial charge on any atom is 0.228 e. The predicted octanol–water partition coefficient (Wildman–Crippen LogP) is 1.01. The van der Waals surface area contributed by atoms with Gasteiger partial charge in [0.15, 0.2) is 0 Å². The summed E-state index contributed by atoms with van der Waals surface area (Å²) >= 11 is 0. The molecular weight excluding hydrogens is 323 g/mol. The highest BCUT2D eigenvalue weighted by atomic mass is 19.1. The van der Waals surface area contributed by atoms with Crippen molar-refractivity contribution in [3.05, 3.63) is 29.6 Å². The highest BCUT2D eigenvalue weighted by Gasteiger charge is 2.30. The fourth-order valence-corrected chi connectivity index (χ4v) is 3.38. The van der Waals surface area contributed by atoms with Crippen LogP contribution in [0.5, 0.6) is 0 Å². The summed E-state index contributed by atoms with van der Waals surface area (Å²) < 4.78 is 13.3. The third-order valence-electron chi connectivity index (χ3n) is 4.92. The molecule has 2 aliphatic heterocycles. The van der Waals surface area contributed by atoms with Gasteiger partial charge in [-0.3, -0.25) is 9.59 Å². The van der Waals surface area contributed by atoms with Gasteiger partial charge in [0.2, 0.25) is 11.8 Å². The molecule has 0 spiro atoms. The number of benzene rings is 1. The minimum Gasteiger partial charge on any atom is -0.356 e. The van der Waals surface area contributed by atoms with E-state index in [1.165, 1.54) is 12.1 Å². The Labute approximate surface area is 147 Å². The van der Waals surface area contributed by atoms with E-state index in [0.29, 0.717) is 17.8 Å². The summed E-state index contributed by atoms with van der Waals surface area (Å²) in [6.45, 7) is 5.83. The molecule has 1 atom stereocenters. The van der Waals surface area contributed by atoms with Crippen molar-refractivity contribution in [2.24, 2.45) is 0 Å². The second-order valence-electron chi connectivity index (χ2n) is 6.83. The van der Waals surface area contributed by atoms with Crippen molar-refractivity contribution in [3.63, 3.8) is 0 Å².